The molecule has 0 saturated carbocycles. The molecule has 0 fully saturated rings. The van der Waals surface area contributed by atoms with Crippen LogP contribution in [0.15, 0.2) is 53.3 Å². The van der Waals surface area contributed by atoms with Gasteiger partial charge in [0.05, 0.1) is 11.1 Å². The Bertz CT molecular complexity index is 1050. The van der Waals surface area contributed by atoms with E-state index in [4.69, 9.17) is 5.14 Å². The molecule has 132 valence electrons. The molecule has 25 heavy (non-hydrogen) atoms. The third-order valence-corrected chi connectivity index (χ3v) is 4.40. The van der Waals surface area contributed by atoms with E-state index in [1.807, 2.05) is 24.3 Å². The molecule has 7 nitrogen and oxygen atoms in total. The molecule has 2 aromatic carbocycles. The zero-order chi connectivity index (χ0) is 17.3. The molecule has 0 bridgehead atoms. The number of aromatic amines is 1. The maximum absolute atomic E-state index is 11.8. The van der Waals surface area contributed by atoms with Crippen LogP contribution in [0, 0.1) is 0 Å². The normalized spacial score (nSPS) is 12.6. The van der Waals surface area contributed by atoms with E-state index in [0.29, 0.717) is 11.1 Å². The van der Waals surface area contributed by atoms with Gasteiger partial charge in [0.25, 0.3) is 15.8 Å². The summed E-state index contributed by atoms with van der Waals surface area (Å²) in [6.07, 6.45) is 0. The minimum absolute atomic E-state index is 0. The molecule has 3 aromatic rings. The fourth-order valence-electron chi connectivity index (χ4n) is 2.58. The van der Waals surface area contributed by atoms with Crippen LogP contribution in [0.1, 0.15) is 18.5 Å². The van der Waals surface area contributed by atoms with E-state index in [1.54, 1.807) is 31.2 Å². The number of H-pyrrole nitrogens is 1. The standard InChI is InChI=1S/C16H16N4O3S.ClH/c1-10(20-24(17,22)23)11-6-8-12(9-7-11)15-13-4-2-3-5-14(13)16(21)19-18-15;/h2-10,20H,1H3,(H,19,21)(H2,17,22,23);1H. The summed E-state index contributed by atoms with van der Waals surface area (Å²) in [5.41, 5.74) is 2.00. The molecular weight excluding hydrogens is 364 g/mol. The number of halogens is 1. The fraction of sp³-hybridized carbons (Fsp3) is 0.125. The van der Waals surface area contributed by atoms with Crippen molar-refractivity contribution in [3.63, 3.8) is 0 Å². The number of hydrogen-bond donors (Lipinski definition) is 3. The highest BCUT2D eigenvalue weighted by Gasteiger charge is 2.12. The predicted molar refractivity (Wildman–Crippen MR) is 99.7 cm³/mol. The van der Waals surface area contributed by atoms with Crippen molar-refractivity contribution in [1.29, 1.82) is 0 Å². The molecule has 9 heteroatoms. The summed E-state index contributed by atoms with van der Waals surface area (Å²) in [5.74, 6) is 0. The lowest BCUT2D eigenvalue weighted by molar-refractivity contribution is 0.568. The van der Waals surface area contributed by atoms with E-state index < -0.39 is 16.3 Å². The maximum Gasteiger partial charge on any atom is 0.274 e. The van der Waals surface area contributed by atoms with Crippen LogP contribution in [-0.4, -0.2) is 18.6 Å². The summed E-state index contributed by atoms with van der Waals surface area (Å²) < 4.78 is 24.5. The second kappa shape index (κ2) is 7.32. The first-order chi connectivity index (χ1) is 11.3. The Morgan fingerprint density at radius 3 is 2.28 bits per heavy atom. The van der Waals surface area contributed by atoms with Gasteiger partial charge in [0.15, 0.2) is 0 Å². The number of fused-ring (bicyclic) bond motifs is 1. The topological polar surface area (TPSA) is 118 Å². The predicted octanol–water partition coefficient (Wildman–Crippen LogP) is 1.87. The molecule has 0 radical (unpaired) electrons. The summed E-state index contributed by atoms with van der Waals surface area (Å²) in [6, 6.07) is 14.0. The van der Waals surface area contributed by atoms with Crippen molar-refractivity contribution >= 4 is 33.4 Å². The van der Waals surface area contributed by atoms with Gasteiger partial charge in [-0.25, -0.2) is 10.2 Å². The van der Waals surface area contributed by atoms with Crippen LogP contribution in [0.4, 0.5) is 0 Å². The number of nitrogens with one attached hydrogen (secondary N) is 2. The second-order valence-electron chi connectivity index (χ2n) is 5.45. The van der Waals surface area contributed by atoms with Gasteiger partial charge < -0.3 is 0 Å². The zero-order valence-corrected chi connectivity index (χ0v) is 14.9. The van der Waals surface area contributed by atoms with Crippen LogP contribution in [-0.2, 0) is 10.2 Å². The van der Waals surface area contributed by atoms with Crippen molar-refractivity contribution in [3.8, 4) is 11.3 Å². The molecule has 1 aromatic heterocycles. The number of rotatable bonds is 4. The Morgan fingerprint density at radius 2 is 1.68 bits per heavy atom. The van der Waals surface area contributed by atoms with Crippen molar-refractivity contribution < 1.29 is 8.42 Å². The van der Waals surface area contributed by atoms with Crippen LogP contribution in [0.2, 0.25) is 0 Å². The Labute approximate surface area is 150 Å². The molecule has 0 spiro atoms. The van der Waals surface area contributed by atoms with Gasteiger partial charge >= 0.3 is 0 Å². The zero-order valence-electron chi connectivity index (χ0n) is 13.3. The Hall–Kier alpha value is -2.26. The Balaban J connectivity index is 0.00000225. The minimum atomic E-state index is -3.77. The summed E-state index contributed by atoms with van der Waals surface area (Å²) in [7, 11) is -3.77. The molecular formula is C16H17ClN4O3S. The average molecular weight is 381 g/mol. The third-order valence-electron chi connectivity index (χ3n) is 3.72. The van der Waals surface area contributed by atoms with Crippen LogP contribution in [0.25, 0.3) is 22.0 Å². The average Bonchev–Trinajstić information content (AvgIpc) is 2.54. The largest absolute Gasteiger partial charge is 0.274 e. The van der Waals surface area contributed by atoms with Crippen LogP contribution in [0.5, 0.6) is 0 Å². The monoisotopic (exact) mass is 380 g/mol. The first-order valence-corrected chi connectivity index (χ1v) is 8.77. The maximum atomic E-state index is 11.8. The smallest absolute Gasteiger partial charge is 0.267 e. The van der Waals surface area contributed by atoms with Crippen molar-refractivity contribution in [2.45, 2.75) is 13.0 Å². The van der Waals surface area contributed by atoms with Crippen molar-refractivity contribution in [2.75, 3.05) is 0 Å². The van der Waals surface area contributed by atoms with Gasteiger partial charge in [0.1, 0.15) is 0 Å². The summed E-state index contributed by atoms with van der Waals surface area (Å²) in [5, 5.41) is 12.9. The van der Waals surface area contributed by atoms with Crippen molar-refractivity contribution in [3.05, 3.63) is 64.4 Å². The highest BCUT2D eigenvalue weighted by atomic mass is 35.5. The van der Waals surface area contributed by atoms with E-state index in [1.165, 1.54) is 0 Å². The number of benzene rings is 2. The molecule has 0 aliphatic rings. The quantitative estimate of drug-likeness (QED) is 0.640. The SMILES string of the molecule is CC(NS(N)(=O)=O)c1ccc(-c2n[nH]c(=O)c3ccccc23)cc1.Cl. The van der Waals surface area contributed by atoms with Crippen LogP contribution >= 0.6 is 12.4 Å². The van der Waals surface area contributed by atoms with E-state index in [9.17, 15) is 13.2 Å². The summed E-state index contributed by atoms with van der Waals surface area (Å²) in [6.45, 7) is 1.70. The molecule has 0 aliphatic carbocycles. The van der Waals surface area contributed by atoms with E-state index in [-0.39, 0.29) is 18.0 Å². The first-order valence-electron chi connectivity index (χ1n) is 7.23. The van der Waals surface area contributed by atoms with E-state index >= 15 is 0 Å². The lowest BCUT2D eigenvalue weighted by Crippen LogP contribution is -2.32. The fourth-order valence-corrected chi connectivity index (χ4v) is 3.21. The van der Waals surface area contributed by atoms with Crippen LogP contribution < -0.4 is 15.4 Å². The van der Waals surface area contributed by atoms with E-state index in [0.717, 1.165) is 16.5 Å². The molecule has 1 atom stereocenters. The third kappa shape index (κ3) is 4.23. The summed E-state index contributed by atoms with van der Waals surface area (Å²) >= 11 is 0. The Kier molecular flexibility index (Phi) is 5.58. The van der Waals surface area contributed by atoms with Gasteiger partial charge in [0, 0.05) is 17.0 Å². The van der Waals surface area contributed by atoms with Gasteiger partial charge in [0.2, 0.25) is 0 Å². The number of nitrogens with two attached hydrogens (primary N) is 1. The number of aromatic nitrogens is 2. The second-order valence-corrected chi connectivity index (χ2v) is 6.78. The number of nitrogens with zero attached hydrogens (tertiary/aromatic N) is 1. The molecule has 1 unspecified atom stereocenters. The van der Waals surface area contributed by atoms with Gasteiger partial charge in [-0.2, -0.15) is 18.2 Å². The minimum Gasteiger partial charge on any atom is -0.267 e. The van der Waals surface area contributed by atoms with Gasteiger partial charge in [-0.05, 0) is 18.6 Å². The van der Waals surface area contributed by atoms with E-state index in [2.05, 4.69) is 14.9 Å². The lowest BCUT2D eigenvalue weighted by atomic mass is 10.0. The van der Waals surface area contributed by atoms with Crippen LogP contribution in [0.3, 0.4) is 0 Å². The van der Waals surface area contributed by atoms with Crippen molar-refractivity contribution in [2.24, 2.45) is 5.14 Å². The van der Waals surface area contributed by atoms with Gasteiger partial charge in [-0.1, -0.05) is 42.5 Å². The molecule has 0 saturated heterocycles. The highest BCUT2D eigenvalue weighted by molar-refractivity contribution is 7.87. The lowest BCUT2D eigenvalue weighted by Gasteiger charge is -2.13. The molecule has 0 aliphatic heterocycles. The number of hydrogen-bond acceptors (Lipinski definition) is 4. The molecule has 0 amide bonds. The highest BCUT2D eigenvalue weighted by Crippen LogP contribution is 2.25. The molecule has 3 rings (SSSR count). The molecule has 4 N–H and O–H groups in total. The van der Waals surface area contributed by atoms with Gasteiger partial charge in [-0.15, -0.1) is 12.4 Å². The summed E-state index contributed by atoms with van der Waals surface area (Å²) in [4.78, 5) is 11.8. The molecule has 1 heterocycles. The Morgan fingerprint density at radius 1 is 1.08 bits per heavy atom. The van der Waals surface area contributed by atoms with Crippen molar-refractivity contribution in [1.82, 2.24) is 14.9 Å². The van der Waals surface area contributed by atoms with Gasteiger partial charge in [-0.3, -0.25) is 4.79 Å². The first kappa shape index (κ1) is 19.1.